The summed E-state index contributed by atoms with van der Waals surface area (Å²) in [6, 6.07) is 9.63. The third kappa shape index (κ3) is 3.39. The van der Waals surface area contributed by atoms with Crippen molar-refractivity contribution in [1.29, 1.82) is 0 Å². The maximum Gasteiger partial charge on any atom is 0.130 e. The summed E-state index contributed by atoms with van der Waals surface area (Å²) in [6.45, 7) is 7.28. The van der Waals surface area contributed by atoms with Gasteiger partial charge in [-0.15, -0.1) is 0 Å². The normalized spacial score (nSPS) is 12.4. The lowest BCUT2D eigenvalue weighted by Gasteiger charge is -2.09. The van der Waals surface area contributed by atoms with Gasteiger partial charge in [-0.1, -0.05) is 19.1 Å². The van der Waals surface area contributed by atoms with Gasteiger partial charge in [0.25, 0.3) is 0 Å². The Morgan fingerprint density at radius 1 is 1.25 bits per heavy atom. The minimum Gasteiger partial charge on any atom is -0.487 e. The summed E-state index contributed by atoms with van der Waals surface area (Å²) < 4.78 is 7.76. The zero-order valence-electron chi connectivity index (χ0n) is 12.3. The second kappa shape index (κ2) is 6.57. The molecular formula is C16H22N2O2. The van der Waals surface area contributed by atoms with Gasteiger partial charge in [0, 0.05) is 6.54 Å². The Labute approximate surface area is 120 Å². The van der Waals surface area contributed by atoms with Crippen molar-refractivity contribution in [2.45, 2.75) is 46.4 Å². The van der Waals surface area contributed by atoms with E-state index in [9.17, 15) is 5.11 Å². The number of aryl methyl sites for hydroxylation is 2. The Kier molecular flexibility index (Phi) is 4.79. The minimum atomic E-state index is -0.447. The highest BCUT2D eigenvalue weighted by Gasteiger charge is 2.07. The quantitative estimate of drug-likeness (QED) is 0.880. The fraction of sp³-hybridized carbons (Fsp3) is 0.438. The zero-order chi connectivity index (χ0) is 14.5. The van der Waals surface area contributed by atoms with Crippen LogP contribution in [0.15, 0.2) is 30.3 Å². The predicted molar refractivity (Wildman–Crippen MR) is 78.7 cm³/mol. The minimum absolute atomic E-state index is 0.447. The maximum atomic E-state index is 9.47. The number of ether oxygens (including phenoxy) is 1. The van der Waals surface area contributed by atoms with Crippen molar-refractivity contribution in [1.82, 2.24) is 9.78 Å². The monoisotopic (exact) mass is 274 g/mol. The van der Waals surface area contributed by atoms with E-state index in [0.29, 0.717) is 6.61 Å². The van der Waals surface area contributed by atoms with Gasteiger partial charge >= 0.3 is 0 Å². The van der Waals surface area contributed by atoms with E-state index >= 15 is 0 Å². The van der Waals surface area contributed by atoms with Crippen molar-refractivity contribution in [3.63, 3.8) is 0 Å². The smallest absolute Gasteiger partial charge is 0.130 e. The van der Waals surface area contributed by atoms with Crippen LogP contribution in [0.2, 0.25) is 0 Å². The molecule has 0 saturated carbocycles. The van der Waals surface area contributed by atoms with E-state index in [2.05, 4.69) is 25.0 Å². The Balaban J connectivity index is 2.02. The van der Waals surface area contributed by atoms with Crippen molar-refractivity contribution in [2.75, 3.05) is 0 Å². The molecule has 0 aliphatic heterocycles. The molecule has 0 bridgehead atoms. The Morgan fingerprint density at radius 3 is 2.50 bits per heavy atom. The molecule has 1 atom stereocenters. The molecule has 0 radical (unpaired) electrons. The van der Waals surface area contributed by atoms with Crippen LogP contribution < -0.4 is 4.74 Å². The van der Waals surface area contributed by atoms with E-state index in [-0.39, 0.29) is 0 Å². The average Bonchev–Trinajstić information content (AvgIpc) is 2.88. The molecule has 4 nitrogen and oxygen atoms in total. The van der Waals surface area contributed by atoms with Crippen LogP contribution in [0.4, 0.5) is 0 Å². The first-order chi connectivity index (χ1) is 9.63. The predicted octanol–water partition coefficient (Wildman–Crippen LogP) is 3.10. The fourth-order valence-corrected chi connectivity index (χ4v) is 2.08. The highest BCUT2D eigenvalue weighted by atomic mass is 16.5. The van der Waals surface area contributed by atoms with Gasteiger partial charge in [0.05, 0.1) is 17.5 Å². The molecule has 0 spiro atoms. The lowest BCUT2D eigenvalue weighted by Crippen LogP contribution is -2.06. The van der Waals surface area contributed by atoms with Gasteiger partial charge in [-0.05, 0) is 44.0 Å². The van der Waals surface area contributed by atoms with E-state index < -0.39 is 6.10 Å². The van der Waals surface area contributed by atoms with Crippen molar-refractivity contribution < 1.29 is 9.84 Å². The molecule has 0 amide bonds. The Morgan fingerprint density at radius 2 is 1.95 bits per heavy atom. The van der Waals surface area contributed by atoms with Crippen LogP contribution >= 0.6 is 0 Å². The number of aliphatic hydroxyl groups excluding tert-OH is 1. The summed E-state index contributed by atoms with van der Waals surface area (Å²) in [5.41, 5.74) is 3.07. The molecule has 2 rings (SSSR count). The molecule has 108 valence electrons. The first kappa shape index (κ1) is 14.6. The third-order valence-electron chi connectivity index (χ3n) is 3.32. The van der Waals surface area contributed by atoms with Crippen LogP contribution in [0, 0.1) is 0 Å². The first-order valence-corrected chi connectivity index (χ1v) is 7.10. The lowest BCUT2D eigenvalue weighted by molar-refractivity contribution is 0.199. The molecule has 1 aromatic heterocycles. The molecule has 20 heavy (non-hydrogen) atoms. The van der Waals surface area contributed by atoms with Gasteiger partial charge in [-0.25, -0.2) is 0 Å². The lowest BCUT2D eigenvalue weighted by atomic mass is 10.1. The summed E-state index contributed by atoms with van der Waals surface area (Å²) >= 11 is 0. The summed E-state index contributed by atoms with van der Waals surface area (Å²) in [5.74, 6) is 0.802. The second-order valence-corrected chi connectivity index (χ2v) is 4.83. The third-order valence-corrected chi connectivity index (χ3v) is 3.32. The first-order valence-electron chi connectivity index (χ1n) is 7.10. The average molecular weight is 274 g/mol. The molecule has 1 heterocycles. The zero-order valence-corrected chi connectivity index (χ0v) is 12.3. The molecule has 0 aliphatic rings. The van der Waals surface area contributed by atoms with Gasteiger partial charge in [0.1, 0.15) is 12.4 Å². The van der Waals surface area contributed by atoms with Crippen LogP contribution in [-0.4, -0.2) is 14.9 Å². The van der Waals surface area contributed by atoms with Crippen molar-refractivity contribution in [2.24, 2.45) is 0 Å². The highest BCUT2D eigenvalue weighted by Crippen LogP contribution is 2.18. The van der Waals surface area contributed by atoms with Gasteiger partial charge in [-0.2, -0.15) is 5.10 Å². The van der Waals surface area contributed by atoms with Crippen LogP contribution in [-0.2, 0) is 19.6 Å². The Hall–Kier alpha value is -1.81. The topological polar surface area (TPSA) is 47.3 Å². The molecule has 0 aliphatic carbocycles. The van der Waals surface area contributed by atoms with Crippen LogP contribution in [0.3, 0.4) is 0 Å². The molecule has 1 aromatic carbocycles. The summed E-state index contributed by atoms with van der Waals surface area (Å²) in [5, 5.41) is 14.0. The molecule has 4 heteroatoms. The molecule has 0 saturated heterocycles. The van der Waals surface area contributed by atoms with Crippen molar-refractivity contribution >= 4 is 0 Å². The van der Waals surface area contributed by atoms with E-state index in [0.717, 1.165) is 35.7 Å². The van der Waals surface area contributed by atoms with Gasteiger partial charge < -0.3 is 9.84 Å². The van der Waals surface area contributed by atoms with E-state index in [1.807, 2.05) is 28.9 Å². The summed E-state index contributed by atoms with van der Waals surface area (Å²) in [7, 11) is 0. The number of rotatable bonds is 6. The van der Waals surface area contributed by atoms with Crippen LogP contribution in [0.5, 0.6) is 5.75 Å². The van der Waals surface area contributed by atoms with Crippen molar-refractivity contribution in [3.05, 3.63) is 47.3 Å². The van der Waals surface area contributed by atoms with E-state index in [4.69, 9.17) is 4.74 Å². The number of benzene rings is 1. The second-order valence-electron chi connectivity index (χ2n) is 4.83. The number of hydrogen-bond acceptors (Lipinski definition) is 3. The number of nitrogens with zero attached hydrogens (tertiary/aromatic N) is 2. The maximum absolute atomic E-state index is 9.47. The molecule has 2 aromatic rings. The van der Waals surface area contributed by atoms with Gasteiger partial charge in [-0.3, -0.25) is 4.68 Å². The molecule has 0 unspecified atom stereocenters. The summed E-state index contributed by atoms with van der Waals surface area (Å²) in [6.07, 6.45) is 0.487. The highest BCUT2D eigenvalue weighted by molar-refractivity contribution is 5.28. The standard InChI is InChI=1S/C16H22N2O2/c1-4-14-10-15(18(5-2)17-14)11-20-16-8-6-13(7-9-16)12(3)19/h6-10,12,19H,4-5,11H2,1-3H3/t12-/m1/s1. The van der Waals surface area contributed by atoms with E-state index in [1.165, 1.54) is 0 Å². The Bertz CT molecular complexity index is 544. The summed E-state index contributed by atoms with van der Waals surface area (Å²) in [4.78, 5) is 0. The van der Waals surface area contributed by atoms with Gasteiger partial charge in [0.15, 0.2) is 0 Å². The number of aromatic nitrogens is 2. The fourth-order valence-electron chi connectivity index (χ4n) is 2.08. The number of aliphatic hydroxyl groups is 1. The number of hydrogen-bond donors (Lipinski definition) is 1. The van der Waals surface area contributed by atoms with Gasteiger partial charge in [0.2, 0.25) is 0 Å². The largest absolute Gasteiger partial charge is 0.487 e. The van der Waals surface area contributed by atoms with Crippen LogP contribution in [0.25, 0.3) is 0 Å². The van der Waals surface area contributed by atoms with Crippen LogP contribution in [0.1, 0.15) is 43.8 Å². The molecular weight excluding hydrogens is 252 g/mol. The molecule has 0 fully saturated rings. The van der Waals surface area contributed by atoms with Crippen molar-refractivity contribution in [3.8, 4) is 5.75 Å². The SMILES string of the molecule is CCc1cc(COc2ccc([C@@H](C)O)cc2)n(CC)n1. The molecule has 1 N–H and O–H groups in total. The van der Waals surface area contributed by atoms with E-state index in [1.54, 1.807) is 6.92 Å².